The van der Waals surface area contributed by atoms with Gasteiger partial charge in [0.2, 0.25) is 0 Å². The van der Waals surface area contributed by atoms with Gasteiger partial charge >= 0.3 is 18.1 Å². The van der Waals surface area contributed by atoms with E-state index in [9.17, 15) is 22.8 Å². The van der Waals surface area contributed by atoms with Crippen LogP contribution < -0.4 is 10.1 Å². The molecule has 36 heavy (non-hydrogen) atoms. The zero-order valence-electron chi connectivity index (χ0n) is 18.8. The quantitative estimate of drug-likeness (QED) is 0.568. The fraction of sp³-hybridized carbons (Fsp3) is 0.333. The first-order valence-electron chi connectivity index (χ1n) is 10.6. The molecule has 0 aliphatic carbocycles. The summed E-state index contributed by atoms with van der Waals surface area (Å²) in [6.07, 6.45) is -4.34. The van der Waals surface area contributed by atoms with Crippen LogP contribution in [0.2, 0.25) is 0 Å². The molecule has 2 aromatic carbocycles. The molecular weight excluding hydrogens is 483 g/mol. The highest BCUT2D eigenvalue weighted by Gasteiger charge is 2.35. The Morgan fingerprint density at radius 3 is 2.03 bits per heavy atom. The minimum absolute atomic E-state index is 0.0441. The van der Waals surface area contributed by atoms with Crippen molar-refractivity contribution in [3.8, 4) is 17.9 Å². The molecule has 2 aromatic rings. The highest BCUT2D eigenvalue weighted by molar-refractivity contribution is 5.87. The SMILES string of the molecule is N#Cc1ccc(C(=O)O)cc1.N#Cc1ccc(OC2CCOC2)c(C(F)(F)F)c1.O=C(O)C1CNC1. The van der Waals surface area contributed by atoms with E-state index in [0.29, 0.717) is 31.7 Å². The predicted molar refractivity (Wildman–Crippen MR) is 118 cm³/mol. The van der Waals surface area contributed by atoms with E-state index in [4.69, 9.17) is 30.2 Å². The molecule has 0 aromatic heterocycles. The van der Waals surface area contributed by atoms with Crippen molar-refractivity contribution in [2.24, 2.45) is 5.92 Å². The molecule has 2 aliphatic heterocycles. The molecule has 3 N–H and O–H groups in total. The number of ether oxygens (including phenoxy) is 2. The number of alkyl halides is 3. The average Bonchev–Trinajstić information content (AvgIpc) is 3.31. The summed E-state index contributed by atoms with van der Waals surface area (Å²) in [7, 11) is 0. The molecule has 0 bridgehead atoms. The Bertz CT molecular complexity index is 1130. The summed E-state index contributed by atoms with van der Waals surface area (Å²) in [6.45, 7) is 2.07. The van der Waals surface area contributed by atoms with Gasteiger partial charge in [-0.3, -0.25) is 4.79 Å². The Kier molecular flexibility index (Phi) is 10.2. The van der Waals surface area contributed by atoms with Gasteiger partial charge in [-0.15, -0.1) is 0 Å². The molecular formula is C24H22F3N3O6. The van der Waals surface area contributed by atoms with Crippen molar-refractivity contribution in [3.05, 3.63) is 64.7 Å². The maximum absolute atomic E-state index is 12.8. The summed E-state index contributed by atoms with van der Waals surface area (Å²) in [5.74, 6) is -2.02. The largest absolute Gasteiger partial charge is 0.487 e. The van der Waals surface area contributed by atoms with Crippen molar-refractivity contribution in [2.45, 2.75) is 18.7 Å². The molecule has 4 rings (SSSR count). The van der Waals surface area contributed by atoms with Gasteiger partial charge in [0, 0.05) is 19.5 Å². The van der Waals surface area contributed by atoms with Crippen molar-refractivity contribution >= 4 is 11.9 Å². The number of hydrogen-bond acceptors (Lipinski definition) is 7. The van der Waals surface area contributed by atoms with E-state index < -0.39 is 23.7 Å². The lowest BCUT2D eigenvalue weighted by molar-refractivity contribution is -0.143. The number of carboxylic acid groups (broad SMARTS) is 2. The van der Waals surface area contributed by atoms with E-state index in [1.165, 1.54) is 36.4 Å². The van der Waals surface area contributed by atoms with Crippen molar-refractivity contribution < 1.29 is 42.4 Å². The van der Waals surface area contributed by atoms with Crippen LogP contribution in [0, 0.1) is 28.6 Å². The molecule has 0 spiro atoms. The normalized spacial score (nSPS) is 16.5. The van der Waals surface area contributed by atoms with Crippen LogP contribution in [0.25, 0.3) is 0 Å². The first kappa shape index (κ1) is 28.1. The second-order valence-corrected chi connectivity index (χ2v) is 7.61. The zero-order valence-corrected chi connectivity index (χ0v) is 18.8. The van der Waals surface area contributed by atoms with E-state index in [-0.39, 0.29) is 35.5 Å². The van der Waals surface area contributed by atoms with E-state index in [2.05, 4.69) is 5.32 Å². The minimum atomic E-state index is -4.54. The Morgan fingerprint density at radius 2 is 1.64 bits per heavy atom. The Morgan fingerprint density at radius 1 is 1.03 bits per heavy atom. The van der Waals surface area contributed by atoms with Crippen LogP contribution in [-0.2, 0) is 15.7 Å². The number of nitrogens with zero attached hydrogens (tertiary/aromatic N) is 2. The Balaban J connectivity index is 0.000000214. The van der Waals surface area contributed by atoms with E-state index in [1.807, 2.05) is 6.07 Å². The maximum atomic E-state index is 12.8. The summed E-state index contributed by atoms with van der Waals surface area (Å²) in [5.41, 5.74) is -0.301. The fourth-order valence-corrected chi connectivity index (χ4v) is 2.86. The number of carboxylic acids is 2. The highest BCUT2D eigenvalue weighted by atomic mass is 19.4. The Labute approximate surface area is 204 Å². The predicted octanol–water partition coefficient (Wildman–Crippen LogP) is 3.29. The molecule has 190 valence electrons. The number of benzene rings is 2. The van der Waals surface area contributed by atoms with Crippen LogP contribution in [0.15, 0.2) is 42.5 Å². The topological polar surface area (TPSA) is 153 Å². The summed E-state index contributed by atoms with van der Waals surface area (Å²) in [4.78, 5) is 20.3. The van der Waals surface area contributed by atoms with Gasteiger partial charge in [-0.05, 0) is 42.5 Å². The summed E-state index contributed by atoms with van der Waals surface area (Å²) >= 11 is 0. The maximum Gasteiger partial charge on any atom is 0.420 e. The number of halogens is 3. The van der Waals surface area contributed by atoms with E-state index in [0.717, 1.165) is 6.07 Å². The Hall–Kier alpha value is -4.13. The highest BCUT2D eigenvalue weighted by Crippen LogP contribution is 2.37. The molecule has 2 fully saturated rings. The van der Waals surface area contributed by atoms with Crippen LogP contribution in [0.5, 0.6) is 5.75 Å². The minimum Gasteiger partial charge on any atom is -0.487 e. The summed E-state index contributed by atoms with van der Waals surface area (Å²) in [5, 5.41) is 36.5. The fourth-order valence-electron chi connectivity index (χ4n) is 2.86. The molecule has 2 saturated heterocycles. The third-order valence-corrected chi connectivity index (χ3v) is 4.99. The van der Waals surface area contributed by atoms with E-state index in [1.54, 1.807) is 6.07 Å². The zero-order chi connectivity index (χ0) is 26.7. The lowest BCUT2D eigenvalue weighted by Crippen LogP contribution is -2.46. The van der Waals surface area contributed by atoms with Crippen molar-refractivity contribution in [3.63, 3.8) is 0 Å². The van der Waals surface area contributed by atoms with Gasteiger partial charge in [0.15, 0.2) is 0 Å². The first-order chi connectivity index (χ1) is 17.0. The van der Waals surface area contributed by atoms with Gasteiger partial charge in [0.25, 0.3) is 0 Å². The monoisotopic (exact) mass is 505 g/mol. The third kappa shape index (κ3) is 8.58. The molecule has 2 heterocycles. The van der Waals surface area contributed by atoms with Crippen molar-refractivity contribution in [2.75, 3.05) is 26.3 Å². The van der Waals surface area contributed by atoms with Crippen LogP contribution in [-0.4, -0.2) is 54.6 Å². The summed E-state index contributed by atoms with van der Waals surface area (Å²) in [6, 6.07) is 12.6. The van der Waals surface area contributed by atoms with Gasteiger partial charge in [0.1, 0.15) is 11.9 Å². The number of aromatic carboxylic acids is 1. The van der Waals surface area contributed by atoms with Gasteiger partial charge in [0.05, 0.1) is 53.5 Å². The van der Waals surface area contributed by atoms with E-state index >= 15 is 0 Å². The molecule has 1 atom stereocenters. The summed E-state index contributed by atoms with van der Waals surface area (Å²) < 4.78 is 48.8. The van der Waals surface area contributed by atoms with Crippen LogP contribution in [0.1, 0.15) is 33.5 Å². The van der Waals surface area contributed by atoms with Crippen LogP contribution in [0.4, 0.5) is 13.2 Å². The number of carbonyl (C=O) groups is 2. The molecule has 9 nitrogen and oxygen atoms in total. The van der Waals surface area contributed by atoms with Crippen molar-refractivity contribution in [1.82, 2.24) is 5.32 Å². The van der Waals surface area contributed by atoms with Crippen LogP contribution in [0.3, 0.4) is 0 Å². The average molecular weight is 505 g/mol. The standard InChI is InChI=1S/C12H10F3NO2.C8H5NO2.C4H7NO2/c13-12(14,15)10-5-8(6-16)1-2-11(10)18-9-3-4-17-7-9;9-5-6-1-3-7(4-2-6)8(10)11;6-4(7)3-1-5-2-3/h1-2,5,9H,3-4,7H2;1-4H,(H,10,11);3,5H,1-2H2,(H,6,7). The lowest BCUT2D eigenvalue weighted by Gasteiger charge is -2.21. The van der Waals surface area contributed by atoms with Crippen LogP contribution >= 0.6 is 0 Å². The first-order valence-corrected chi connectivity index (χ1v) is 10.6. The molecule has 0 saturated carbocycles. The second kappa shape index (κ2) is 13.1. The molecule has 1 unspecified atom stereocenters. The number of nitrogens with one attached hydrogen (secondary N) is 1. The molecule has 0 radical (unpaired) electrons. The third-order valence-electron chi connectivity index (χ3n) is 4.99. The molecule has 0 amide bonds. The number of rotatable bonds is 4. The molecule has 2 aliphatic rings. The van der Waals surface area contributed by atoms with Gasteiger partial charge < -0.3 is 25.0 Å². The smallest absolute Gasteiger partial charge is 0.420 e. The number of hydrogen-bond donors (Lipinski definition) is 3. The number of aliphatic carboxylic acids is 1. The second-order valence-electron chi connectivity index (χ2n) is 7.61. The molecule has 12 heteroatoms. The number of nitriles is 2. The van der Waals surface area contributed by atoms with Crippen molar-refractivity contribution in [1.29, 1.82) is 10.5 Å². The lowest BCUT2D eigenvalue weighted by atomic mass is 10.1. The van der Waals surface area contributed by atoms with Gasteiger partial charge in [-0.25, -0.2) is 4.79 Å². The van der Waals surface area contributed by atoms with Gasteiger partial charge in [-0.2, -0.15) is 23.7 Å². The van der Waals surface area contributed by atoms with Gasteiger partial charge in [-0.1, -0.05) is 0 Å².